The quantitative estimate of drug-likeness (QED) is 0.210. The van der Waals surface area contributed by atoms with Crippen molar-refractivity contribution in [3.63, 3.8) is 0 Å². The maximum Gasteiger partial charge on any atom is 0.262 e. The number of carbonyl (C=O) groups excluding carboxylic acids is 6. The van der Waals surface area contributed by atoms with Gasteiger partial charge in [-0.1, -0.05) is 72.8 Å². The first-order chi connectivity index (χ1) is 26.8. The van der Waals surface area contributed by atoms with Crippen LogP contribution in [-0.4, -0.2) is 67.5 Å². The number of rotatable bonds is 6. The van der Waals surface area contributed by atoms with Gasteiger partial charge in [-0.2, -0.15) is 0 Å². The summed E-state index contributed by atoms with van der Waals surface area (Å²) in [7, 11) is 0. The topological polar surface area (TPSA) is 119 Å². The van der Waals surface area contributed by atoms with Gasteiger partial charge in [0.1, 0.15) is 0 Å². The molecule has 4 heterocycles. The summed E-state index contributed by atoms with van der Waals surface area (Å²) in [6, 6.07) is 33.4. The van der Waals surface area contributed by atoms with Crippen LogP contribution in [0.5, 0.6) is 0 Å². The van der Waals surface area contributed by atoms with Crippen molar-refractivity contribution in [2.75, 3.05) is 13.1 Å². The summed E-state index contributed by atoms with van der Waals surface area (Å²) in [5.41, 5.74) is 5.98. The SMILES string of the molecule is O=C1C2Cc3c(n(C(=O)c4ccccc4)c4ccccc34)CC2C(=O)N1CCCN1C(=O)C2Cc3c(n(C(=O)c4ccccc4)c4ccccc34)CC2C1=O. The van der Waals surface area contributed by atoms with Crippen LogP contribution in [0.3, 0.4) is 0 Å². The van der Waals surface area contributed by atoms with Crippen LogP contribution >= 0.6 is 0 Å². The Balaban J connectivity index is 0.861. The zero-order valence-electron chi connectivity index (χ0n) is 29.9. The molecule has 55 heavy (non-hydrogen) atoms. The summed E-state index contributed by atoms with van der Waals surface area (Å²) in [4.78, 5) is 85.8. The smallest absolute Gasteiger partial charge is 0.262 e. The molecule has 10 rings (SSSR count). The summed E-state index contributed by atoms with van der Waals surface area (Å²) < 4.78 is 3.42. The molecule has 2 fully saturated rings. The van der Waals surface area contributed by atoms with Crippen molar-refractivity contribution in [3.05, 3.63) is 143 Å². The van der Waals surface area contributed by atoms with E-state index in [1.54, 1.807) is 33.4 Å². The van der Waals surface area contributed by atoms with Crippen LogP contribution in [0, 0.1) is 23.7 Å². The number of nitrogens with zero attached hydrogens (tertiary/aromatic N) is 4. The van der Waals surface area contributed by atoms with Gasteiger partial charge in [0, 0.05) is 59.2 Å². The van der Waals surface area contributed by atoms with E-state index in [4.69, 9.17) is 0 Å². The van der Waals surface area contributed by atoms with Crippen LogP contribution in [0.2, 0.25) is 0 Å². The van der Waals surface area contributed by atoms with E-state index in [1.165, 1.54) is 9.80 Å². The molecule has 0 spiro atoms. The molecule has 4 unspecified atom stereocenters. The van der Waals surface area contributed by atoms with Crippen LogP contribution in [0.4, 0.5) is 0 Å². The number of imide groups is 2. The fourth-order valence-electron chi connectivity index (χ4n) is 9.80. The number of fused-ring (bicyclic) bond motifs is 8. The largest absolute Gasteiger partial charge is 0.282 e. The maximum absolute atomic E-state index is 13.9. The van der Waals surface area contributed by atoms with Crippen molar-refractivity contribution in [3.8, 4) is 0 Å². The number of amides is 4. The molecule has 2 aromatic heterocycles. The van der Waals surface area contributed by atoms with Crippen LogP contribution in [0.25, 0.3) is 21.8 Å². The van der Waals surface area contributed by atoms with E-state index in [2.05, 4.69) is 0 Å². The normalized spacial score (nSPS) is 21.6. The first-order valence-corrected chi connectivity index (χ1v) is 18.9. The van der Waals surface area contributed by atoms with E-state index in [1.807, 2.05) is 84.9 Å². The molecule has 272 valence electrons. The minimum Gasteiger partial charge on any atom is -0.282 e. The van der Waals surface area contributed by atoms with Crippen molar-refractivity contribution >= 4 is 57.2 Å². The predicted octanol–water partition coefficient (Wildman–Crippen LogP) is 5.46. The zero-order valence-corrected chi connectivity index (χ0v) is 29.9. The lowest BCUT2D eigenvalue weighted by molar-refractivity contribution is -0.140. The average Bonchev–Trinajstić information content (AvgIpc) is 3.88. The highest BCUT2D eigenvalue weighted by atomic mass is 16.2. The Labute approximate surface area is 315 Å². The Bertz CT molecular complexity index is 2460. The summed E-state index contributed by atoms with van der Waals surface area (Å²) in [6.07, 6.45) is 1.51. The van der Waals surface area contributed by atoms with Crippen molar-refractivity contribution in [2.24, 2.45) is 23.7 Å². The Morgan fingerprint density at radius 3 is 1.20 bits per heavy atom. The molecular weight excluding hydrogens is 693 g/mol. The molecule has 10 heteroatoms. The highest BCUT2D eigenvalue weighted by molar-refractivity contribution is 6.10. The van der Waals surface area contributed by atoms with Gasteiger partial charge in [0.15, 0.2) is 0 Å². The fourth-order valence-corrected chi connectivity index (χ4v) is 9.80. The Kier molecular flexibility index (Phi) is 7.59. The first-order valence-electron chi connectivity index (χ1n) is 18.9. The molecule has 0 radical (unpaired) electrons. The molecule has 0 N–H and O–H groups in total. The number of para-hydroxylation sites is 2. The maximum atomic E-state index is 13.9. The third-order valence-corrected chi connectivity index (χ3v) is 12.4. The Morgan fingerprint density at radius 1 is 0.455 bits per heavy atom. The second-order valence-electron chi connectivity index (χ2n) is 15.2. The van der Waals surface area contributed by atoms with Crippen molar-refractivity contribution in [2.45, 2.75) is 32.1 Å². The van der Waals surface area contributed by atoms with E-state index in [0.717, 1.165) is 44.3 Å². The molecule has 4 amide bonds. The fraction of sp³-hybridized carbons (Fsp3) is 0.244. The van der Waals surface area contributed by atoms with E-state index in [-0.39, 0.29) is 67.8 Å². The Morgan fingerprint density at radius 2 is 0.800 bits per heavy atom. The third-order valence-electron chi connectivity index (χ3n) is 12.4. The van der Waals surface area contributed by atoms with Crippen molar-refractivity contribution in [1.29, 1.82) is 0 Å². The van der Waals surface area contributed by atoms with Crippen LogP contribution < -0.4 is 0 Å². The second-order valence-corrected chi connectivity index (χ2v) is 15.2. The van der Waals surface area contributed by atoms with Crippen molar-refractivity contribution < 1.29 is 28.8 Å². The molecule has 4 aliphatic rings. The molecule has 2 aliphatic heterocycles. The van der Waals surface area contributed by atoms with Gasteiger partial charge >= 0.3 is 0 Å². The molecule has 4 atom stereocenters. The van der Waals surface area contributed by atoms with Crippen molar-refractivity contribution in [1.82, 2.24) is 18.9 Å². The average molecular weight is 729 g/mol. The van der Waals surface area contributed by atoms with Crippen LogP contribution in [0.1, 0.15) is 49.7 Å². The predicted molar refractivity (Wildman–Crippen MR) is 203 cm³/mol. The van der Waals surface area contributed by atoms with Gasteiger partial charge in [0.2, 0.25) is 23.6 Å². The van der Waals surface area contributed by atoms with Gasteiger partial charge in [0.25, 0.3) is 11.8 Å². The van der Waals surface area contributed by atoms with Gasteiger partial charge in [-0.3, -0.25) is 47.7 Å². The number of likely N-dealkylation sites (tertiary alicyclic amines) is 2. The number of hydrogen-bond donors (Lipinski definition) is 0. The Hall–Kier alpha value is -6.42. The minimum atomic E-state index is -0.595. The second kappa shape index (κ2) is 12.6. The lowest BCUT2D eigenvalue weighted by Crippen LogP contribution is -2.37. The molecule has 0 saturated carbocycles. The van der Waals surface area contributed by atoms with E-state index in [0.29, 0.717) is 24.0 Å². The van der Waals surface area contributed by atoms with Crippen LogP contribution in [0.15, 0.2) is 109 Å². The minimum absolute atomic E-state index is 0.0897. The monoisotopic (exact) mass is 728 g/mol. The summed E-state index contributed by atoms with van der Waals surface area (Å²) in [5, 5.41) is 1.81. The van der Waals surface area contributed by atoms with Crippen LogP contribution in [-0.2, 0) is 44.9 Å². The molecule has 0 bridgehead atoms. The number of hydrogen-bond acceptors (Lipinski definition) is 6. The zero-order chi connectivity index (χ0) is 37.5. The summed E-state index contributed by atoms with van der Waals surface area (Å²) in [6.45, 7) is 0.179. The molecule has 10 nitrogen and oxygen atoms in total. The lowest BCUT2D eigenvalue weighted by atomic mass is 9.79. The summed E-state index contributed by atoms with van der Waals surface area (Å²) >= 11 is 0. The highest BCUT2D eigenvalue weighted by Crippen LogP contribution is 2.44. The van der Waals surface area contributed by atoms with Gasteiger partial charge in [-0.25, -0.2) is 0 Å². The lowest BCUT2D eigenvalue weighted by Gasteiger charge is -2.23. The van der Waals surface area contributed by atoms with Gasteiger partial charge in [-0.05, 0) is 66.8 Å². The van der Waals surface area contributed by atoms with E-state index in [9.17, 15) is 28.8 Å². The highest BCUT2D eigenvalue weighted by Gasteiger charge is 2.52. The van der Waals surface area contributed by atoms with E-state index >= 15 is 0 Å². The third kappa shape index (κ3) is 4.93. The standard InChI is InChI=1S/C45H36N4O6/c50-40(26-12-3-1-4-13-26)48-36-18-9-7-16-28(36)30-22-32-34(24-38(30)48)44(54)46(42(32)52)20-11-21-47-43(53)33-23-31-29-17-8-10-19-37(29)49(39(31)25-35(33)45(47)55)41(51)27-14-5-2-6-15-27/h1-10,12-19,32-35H,11,20-25H2. The molecule has 2 saturated heterocycles. The number of benzene rings is 4. The molecule has 2 aliphatic carbocycles. The first kappa shape index (κ1) is 33.2. The number of carbonyl (C=O) groups is 6. The summed E-state index contributed by atoms with van der Waals surface area (Å²) in [5.74, 6) is -3.67. The number of aromatic nitrogens is 2. The van der Waals surface area contributed by atoms with Gasteiger partial charge < -0.3 is 0 Å². The molecule has 6 aromatic rings. The van der Waals surface area contributed by atoms with E-state index < -0.39 is 23.7 Å². The van der Waals surface area contributed by atoms with Gasteiger partial charge in [-0.15, -0.1) is 0 Å². The molecule has 4 aromatic carbocycles. The van der Waals surface area contributed by atoms with Gasteiger partial charge in [0.05, 0.1) is 34.7 Å². The molecular formula is C45H36N4O6.